The van der Waals surface area contributed by atoms with Gasteiger partial charge in [0.25, 0.3) is 0 Å². The van der Waals surface area contributed by atoms with E-state index in [0.717, 1.165) is 66.2 Å². The average molecular weight is 747 g/mol. The lowest BCUT2D eigenvalue weighted by atomic mass is 9.99. The topological polar surface area (TPSA) is 56.7 Å². The van der Waals surface area contributed by atoms with Crippen LogP contribution in [0.1, 0.15) is 0 Å². The molecule has 0 spiro atoms. The van der Waals surface area contributed by atoms with Gasteiger partial charge in [0.1, 0.15) is 11.2 Å². The smallest absolute Gasteiger partial charge is 0.164 e. The van der Waals surface area contributed by atoms with E-state index in [2.05, 4.69) is 126 Å². The second kappa shape index (κ2) is 12.6. The van der Waals surface area contributed by atoms with Crippen molar-refractivity contribution < 1.29 is 4.42 Å². The van der Waals surface area contributed by atoms with E-state index in [1.165, 1.54) is 31.2 Å². The van der Waals surface area contributed by atoms with Gasteiger partial charge in [-0.1, -0.05) is 133 Å². The molecular formula is C51H30N4OS. The number of hydrogen-bond acceptors (Lipinski definition) is 5. The monoisotopic (exact) mass is 746 g/mol. The Labute approximate surface area is 330 Å². The first-order valence-corrected chi connectivity index (χ1v) is 19.8. The van der Waals surface area contributed by atoms with E-state index < -0.39 is 0 Å². The second-order valence-corrected chi connectivity index (χ2v) is 15.4. The van der Waals surface area contributed by atoms with Crippen LogP contribution in [-0.2, 0) is 0 Å². The maximum Gasteiger partial charge on any atom is 0.164 e. The highest BCUT2D eigenvalue weighted by molar-refractivity contribution is 7.26. The van der Waals surface area contributed by atoms with Gasteiger partial charge >= 0.3 is 0 Å². The second-order valence-electron chi connectivity index (χ2n) is 14.4. The molecule has 0 aliphatic carbocycles. The van der Waals surface area contributed by atoms with Crippen LogP contribution in [0.2, 0.25) is 0 Å². The minimum atomic E-state index is 0.648. The van der Waals surface area contributed by atoms with E-state index in [1.807, 2.05) is 60.7 Å². The molecule has 0 aliphatic rings. The molecule has 8 aromatic carbocycles. The summed E-state index contributed by atoms with van der Waals surface area (Å²) in [5.74, 6) is 1.95. The predicted octanol–water partition coefficient (Wildman–Crippen LogP) is 13.9. The summed E-state index contributed by atoms with van der Waals surface area (Å²) in [5, 5.41) is 6.97. The van der Waals surface area contributed by atoms with Gasteiger partial charge in [-0.3, -0.25) is 0 Å². The highest BCUT2D eigenvalue weighted by Crippen LogP contribution is 2.44. The van der Waals surface area contributed by atoms with Gasteiger partial charge in [-0.2, -0.15) is 0 Å². The number of aromatic nitrogens is 4. The largest absolute Gasteiger partial charge is 0.455 e. The standard InChI is InChI=1S/C51H30N4OS/c1-3-13-31(14-4-1)49-52-50(32-15-5-2-6-16-32)54-51(53-49)39-21-12-24-46-47(39)41-29-33(25-28-45(41)57-46)35-19-11-20-38-40-30-34(26-27-44(40)56-48(35)38)55-42-22-9-7-17-36(42)37-18-8-10-23-43(37)55/h1-30H. The molecular weight excluding hydrogens is 717 g/mol. The van der Waals surface area contributed by atoms with Crippen LogP contribution in [0.15, 0.2) is 186 Å². The zero-order valence-corrected chi connectivity index (χ0v) is 31.2. The SMILES string of the molecule is c1ccc(-c2nc(-c3ccccc3)nc(-c3cccc4sc5ccc(-c6cccc7c6oc6ccc(-n8c9ccccc9c9ccccc98)cc67)cc5c34)n2)cc1. The normalized spacial score (nSPS) is 11.9. The Morgan fingerprint density at radius 2 is 1.02 bits per heavy atom. The molecule has 5 nitrogen and oxygen atoms in total. The van der Waals surface area contributed by atoms with Crippen LogP contribution >= 0.6 is 11.3 Å². The first-order valence-electron chi connectivity index (χ1n) is 19.0. The van der Waals surface area contributed by atoms with E-state index in [4.69, 9.17) is 19.4 Å². The van der Waals surface area contributed by atoms with Gasteiger partial charge in [0.15, 0.2) is 17.5 Å². The van der Waals surface area contributed by atoms with Crippen molar-refractivity contribution in [2.45, 2.75) is 0 Å². The van der Waals surface area contributed by atoms with Gasteiger partial charge in [-0.25, -0.2) is 15.0 Å². The third-order valence-corrected chi connectivity index (χ3v) is 12.2. The quantitative estimate of drug-likeness (QED) is 0.176. The molecule has 0 aliphatic heterocycles. The fourth-order valence-electron chi connectivity index (χ4n) is 8.46. The Morgan fingerprint density at radius 3 is 1.74 bits per heavy atom. The van der Waals surface area contributed by atoms with E-state index in [1.54, 1.807) is 11.3 Å². The number of nitrogens with zero attached hydrogens (tertiary/aromatic N) is 4. The first-order chi connectivity index (χ1) is 28.2. The minimum absolute atomic E-state index is 0.648. The van der Waals surface area contributed by atoms with Crippen LogP contribution in [0.5, 0.6) is 0 Å². The van der Waals surface area contributed by atoms with Gasteiger partial charge in [-0.05, 0) is 54.1 Å². The summed E-state index contributed by atoms with van der Waals surface area (Å²) in [4.78, 5) is 15.2. The van der Waals surface area contributed by atoms with Crippen LogP contribution < -0.4 is 0 Å². The summed E-state index contributed by atoms with van der Waals surface area (Å²) in [5.41, 5.74) is 10.2. The van der Waals surface area contributed by atoms with Crippen molar-refractivity contribution in [2.75, 3.05) is 0 Å². The van der Waals surface area contributed by atoms with E-state index in [9.17, 15) is 0 Å². The fraction of sp³-hybridized carbons (Fsp3) is 0. The number of fused-ring (bicyclic) bond motifs is 9. The molecule has 0 bridgehead atoms. The Morgan fingerprint density at radius 1 is 0.404 bits per heavy atom. The van der Waals surface area contributed by atoms with Crippen LogP contribution in [-0.4, -0.2) is 19.5 Å². The van der Waals surface area contributed by atoms with Crippen molar-refractivity contribution in [3.63, 3.8) is 0 Å². The minimum Gasteiger partial charge on any atom is -0.455 e. The molecule has 0 atom stereocenters. The number of furan rings is 1. The van der Waals surface area contributed by atoms with Crippen molar-refractivity contribution in [1.29, 1.82) is 0 Å². The fourth-order valence-corrected chi connectivity index (χ4v) is 9.58. The molecule has 6 heteroatoms. The van der Waals surface area contributed by atoms with E-state index >= 15 is 0 Å². The molecule has 0 unspecified atom stereocenters. The molecule has 57 heavy (non-hydrogen) atoms. The van der Waals surface area contributed by atoms with Crippen molar-refractivity contribution >= 4 is 75.3 Å². The molecule has 0 amide bonds. The Balaban J connectivity index is 1.03. The van der Waals surface area contributed by atoms with Gasteiger partial charge < -0.3 is 8.98 Å². The number of thiophene rings is 1. The lowest BCUT2D eigenvalue weighted by Crippen LogP contribution is -2.00. The van der Waals surface area contributed by atoms with Crippen LogP contribution in [0.3, 0.4) is 0 Å². The lowest BCUT2D eigenvalue weighted by Gasteiger charge is -2.10. The predicted molar refractivity (Wildman–Crippen MR) is 236 cm³/mol. The molecule has 0 N–H and O–H groups in total. The Bertz CT molecular complexity index is 3420. The molecule has 0 radical (unpaired) electrons. The molecule has 4 aromatic heterocycles. The molecule has 4 heterocycles. The van der Waals surface area contributed by atoms with Gasteiger partial charge in [-0.15, -0.1) is 11.3 Å². The lowest BCUT2D eigenvalue weighted by molar-refractivity contribution is 0.670. The zero-order chi connectivity index (χ0) is 37.5. The van der Waals surface area contributed by atoms with Crippen molar-refractivity contribution in [1.82, 2.24) is 19.5 Å². The number of hydrogen-bond donors (Lipinski definition) is 0. The summed E-state index contributed by atoms with van der Waals surface area (Å²) >= 11 is 1.79. The average Bonchev–Trinajstić information content (AvgIpc) is 3.96. The Hall–Kier alpha value is -7.41. The summed E-state index contributed by atoms with van der Waals surface area (Å²) in [7, 11) is 0. The van der Waals surface area contributed by atoms with Gasteiger partial charge in [0, 0.05) is 69.7 Å². The molecule has 12 rings (SSSR count). The third kappa shape index (κ3) is 5.04. The molecule has 0 fully saturated rings. The Kier molecular flexibility index (Phi) is 7.03. The van der Waals surface area contributed by atoms with E-state index in [0.29, 0.717) is 17.5 Å². The summed E-state index contributed by atoms with van der Waals surface area (Å²) in [6.45, 7) is 0. The highest BCUT2D eigenvalue weighted by Gasteiger charge is 2.20. The zero-order valence-electron chi connectivity index (χ0n) is 30.4. The number of benzene rings is 8. The van der Waals surface area contributed by atoms with Crippen molar-refractivity contribution in [3.8, 4) is 51.0 Å². The van der Waals surface area contributed by atoms with E-state index in [-0.39, 0.29) is 0 Å². The molecule has 0 saturated carbocycles. The van der Waals surface area contributed by atoms with Crippen LogP contribution in [0.4, 0.5) is 0 Å². The van der Waals surface area contributed by atoms with Crippen molar-refractivity contribution in [2.24, 2.45) is 0 Å². The number of rotatable bonds is 5. The summed E-state index contributed by atoms with van der Waals surface area (Å²) in [6.07, 6.45) is 0. The molecule has 12 aromatic rings. The van der Waals surface area contributed by atoms with Crippen LogP contribution in [0, 0.1) is 0 Å². The summed E-state index contributed by atoms with van der Waals surface area (Å²) < 4.78 is 11.5. The van der Waals surface area contributed by atoms with Crippen LogP contribution in [0.25, 0.3) is 115 Å². The third-order valence-electron chi connectivity index (χ3n) is 11.1. The van der Waals surface area contributed by atoms with Crippen molar-refractivity contribution in [3.05, 3.63) is 182 Å². The maximum atomic E-state index is 6.74. The molecule has 266 valence electrons. The number of para-hydroxylation sites is 3. The maximum absolute atomic E-state index is 6.74. The molecule has 0 saturated heterocycles. The summed E-state index contributed by atoms with van der Waals surface area (Å²) in [6, 6.07) is 63.7. The van der Waals surface area contributed by atoms with Gasteiger partial charge in [0.05, 0.1) is 11.0 Å². The van der Waals surface area contributed by atoms with Gasteiger partial charge in [0.2, 0.25) is 0 Å². The first kappa shape index (κ1) is 31.9. The highest BCUT2D eigenvalue weighted by atomic mass is 32.1.